The number of phenolic OH excluding ortho intramolecular Hbond substituents is 1. The van der Waals surface area contributed by atoms with E-state index in [0.717, 1.165) is 23.9 Å². The summed E-state index contributed by atoms with van der Waals surface area (Å²) >= 11 is 0.941. The molecule has 0 spiro atoms. The quantitative estimate of drug-likeness (QED) is 0.693. The standard InChI is InChI=1S/C10H10FNO4S/c11-7-3-6(1-2-8(7)13)12-9(14)4-17-5-10(15)16/h1-3,13H,4-5H2,(H,12,14)(H,15,16). The molecule has 0 aliphatic rings. The Morgan fingerprint density at radius 1 is 1.35 bits per heavy atom. The zero-order chi connectivity index (χ0) is 12.8. The van der Waals surface area contributed by atoms with Crippen LogP contribution in [-0.2, 0) is 9.59 Å². The predicted octanol–water partition coefficient (Wildman–Crippen LogP) is 1.29. The molecule has 0 saturated carbocycles. The van der Waals surface area contributed by atoms with Gasteiger partial charge in [0.15, 0.2) is 11.6 Å². The van der Waals surface area contributed by atoms with Crippen LogP contribution in [0.2, 0.25) is 0 Å². The SMILES string of the molecule is O=C(O)CSCC(=O)Nc1ccc(O)c(F)c1. The average molecular weight is 259 g/mol. The lowest BCUT2D eigenvalue weighted by atomic mass is 10.3. The molecule has 0 heterocycles. The van der Waals surface area contributed by atoms with E-state index in [4.69, 9.17) is 10.2 Å². The monoisotopic (exact) mass is 259 g/mol. The molecule has 5 nitrogen and oxygen atoms in total. The van der Waals surface area contributed by atoms with Crippen LogP contribution in [0.4, 0.5) is 10.1 Å². The number of thioether (sulfide) groups is 1. The first kappa shape index (κ1) is 13.3. The van der Waals surface area contributed by atoms with Crippen molar-refractivity contribution in [3.8, 4) is 5.75 Å². The van der Waals surface area contributed by atoms with Crippen molar-refractivity contribution >= 4 is 29.3 Å². The third-order valence-electron chi connectivity index (χ3n) is 1.69. The van der Waals surface area contributed by atoms with E-state index in [-0.39, 0.29) is 17.2 Å². The van der Waals surface area contributed by atoms with Gasteiger partial charge in [0, 0.05) is 11.8 Å². The molecule has 0 bridgehead atoms. The summed E-state index contributed by atoms with van der Waals surface area (Å²) in [6.45, 7) is 0. The van der Waals surface area contributed by atoms with Crippen LogP contribution in [0, 0.1) is 5.82 Å². The van der Waals surface area contributed by atoms with E-state index < -0.39 is 23.4 Å². The van der Waals surface area contributed by atoms with Gasteiger partial charge in [-0.15, -0.1) is 11.8 Å². The minimum Gasteiger partial charge on any atom is -0.505 e. The number of carbonyl (C=O) groups is 2. The molecule has 17 heavy (non-hydrogen) atoms. The smallest absolute Gasteiger partial charge is 0.313 e. The molecule has 0 aliphatic heterocycles. The molecule has 1 aromatic rings. The van der Waals surface area contributed by atoms with Gasteiger partial charge in [0.05, 0.1) is 11.5 Å². The summed E-state index contributed by atoms with van der Waals surface area (Å²) in [7, 11) is 0. The average Bonchev–Trinajstić information content (AvgIpc) is 2.23. The van der Waals surface area contributed by atoms with Crippen LogP contribution in [0.1, 0.15) is 0 Å². The number of halogens is 1. The van der Waals surface area contributed by atoms with Crippen LogP contribution >= 0.6 is 11.8 Å². The Hall–Kier alpha value is -1.76. The Bertz CT molecular complexity index is 438. The van der Waals surface area contributed by atoms with Gasteiger partial charge in [-0.05, 0) is 12.1 Å². The topological polar surface area (TPSA) is 86.6 Å². The number of benzene rings is 1. The van der Waals surface area contributed by atoms with Gasteiger partial charge in [-0.1, -0.05) is 0 Å². The van der Waals surface area contributed by atoms with Crippen LogP contribution in [0.3, 0.4) is 0 Å². The van der Waals surface area contributed by atoms with E-state index in [1.54, 1.807) is 0 Å². The second-order valence-corrected chi connectivity index (χ2v) is 4.09. The maximum Gasteiger partial charge on any atom is 0.313 e. The summed E-state index contributed by atoms with van der Waals surface area (Å²) in [6.07, 6.45) is 0. The molecular weight excluding hydrogens is 249 g/mol. The van der Waals surface area contributed by atoms with Crippen LogP contribution in [0.5, 0.6) is 5.75 Å². The lowest BCUT2D eigenvalue weighted by Crippen LogP contribution is -2.15. The van der Waals surface area contributed by atoms with E-state index in [1.807, 2.05) is 0 Å². The summed E-state index contributed by atoms with van der Waals surface area (Å²) in [5, 5.41) is 19.7. The van der Waals surface area contributed by atoms with Gasteiger partial charge in [-0.25, -0.2) is 4.39 Å². The highest BCUT2D eigenvalue weighted by molar-refractivity contribution is 8.00. The summed E-state index contributed by atoms with van der Waals surface area (Å²) in [4.78, 5) is 21.5. The molecule has 3 N–H and O–H groups in total. The minimum atomic E-state index is -1.00. The molecule has 0 unspecified atom stereocenters. The number of carboxylic acids is 1. The molecule has 92 valence electrons. The molecule has 0 aromatic heterocycles. The molecule has 0 fully saturated rings. The van der Waals surface area contributed by atoms with Crippen molar-refractivity contribution in [3.05, 3.63) is 24.0 Å². The fourth-order valence-electron chi connectivity index (χ4n) is 1.01. The van der Waals surface area contributed by atoms with E-state index in [1.165, 1.54) is 6.07 Å². The van der Waals surface area contributed by atoms with Crippen molar-refractivity contribution in [2.24, 2.45) is 0 Å². The second-order valence-electron chi connectivity index (χ2n) is 3.10. The van der Waals surface area contributed by atoms with Crippen molar-refractivity contribution in [1.82, 2.24) is 0 Å². The Morgan fingerprint density at radius 3 is 2.65 bits per heavy atom. The van der Waals surface area contributed by atoms with Crippen LogP contribution < -0.4 is 5.32 Å². The Morgan fingerprint density at radius 2 is 2.06 bits per heavy atom. The number of anilines is 1. The van der Waals surface area contributed by atoms with E-state index in [9.17, 15) is 14.0 Å². The maximum atomic E-state index is 12.9. The highest BCUT2D eigenvalue weighted by Crippen LogP contribution is 2.19. The molecule has 1 aromatic carbocycles. The Labute approximate surface area is 101 Å². The lowest BCUT2D eigenvalue weighted by Gasteiger charge is -2.05. The zero-order valence-corrected chi connectivity index (χ0v) is 9.46. The van der Waals surface area contributed by atoms with Gasteiger partial charge >= 0.3 is 5.97 Å². The fraction of sp³-hybridized carbons (Fsp3) is 0.200. The summed E-state index contributed by atoms with van der Waals surface area (Å²) in [5.74, 6) is -2.96. The van der Waals surface area contributed by atoms with Crippen molar-refractivity contribution < 1.29 is 24.2 Å². The van der Waals surface area contributed by atoms with E-state index >= 15 is 0 Å². The first-order valence-electron chi connectivity index (χ1n) is 4.57. The summed E-state index contributed by atoms with van der Waals surface area (Å²) < 4.78 is 12.9. The summed E-state index contributed by atoms with van der Waals surface area (Å²) in [6, 6.07) is 3.45. The van der Waals surface area contributed by atoms with Crippen molar-refractivity contribution in [2.45, 2.75) is 0 Å². The van der Waals surface area contributed by atoms with E-state index in [0.29, 0.717) is 0 Å². The van der Waals surface area contributed by atoms with Gasteiger partial charge in [-0.2, -0.15) is 0 Å². The second kappa shape index (κ2) is 6.09. The number of hydrogen-bond donors (Lipinski definition) is 3. The number of aromatic hydroxyl groups is 1. The molecule has 0 saturated heterocycles. The van der Waals surface area contributed by atoms with Crippen molar-refractivity contribution in [2.75, 3.05) is 16.8 Å². The number of amides is 1. The first-order valence-corrected chi connectivity index (χ1v) is 5.72. The number of rotatable bonds is 5. The third kappa shape index (κ3) is 4.73. The highest BCUT2D eigenvalue weighted by Gasteiger charge is 2.06. The largest absolute Gasteiger partial charge is 0.505 e. The van der Waals surface area contributed by atoms with Crippen molar-refractivity contribution in [3.63, 3.8) is 0 Å². The van der Waals surface area contributed by atoms with Crippen LogP contribution in [0.15, 0.2) is 18.2 Å². The Balaban J connectivity index is 2.45. The lowest BCUT2D eigenvalue weighted by molar-refractivity contribution is -0.133. The molecule has 0 atom stereocenters. The number of carboxylic acid groups (broad SMARTS) is 1. The zero-order valence-electron chi connectivity index (χ0n) is 8.64. The Kier molecular flexibility index (Phi) is 4.77. The number of aliphatic carboxylic acids is 1. The number of carbonyl (C=O) groups excluding carboxylic acids is 1. The molecular formula is C10H10FNO4S. The third-order valence-corrected chi connectivity index (χ3v) is 2.61. The van der Waals surface area contributed by atoms with Gasteiger partial charge in [-0.3, -0.25) is 9.59 Å². The van der Waals surface area contributed by atoms with Crippen LogP contribution in [-0.4, -0.2) is 33.6 Å². The number of hydrogen-bond acceptors (Lipinski definition) is 4. The minimum absolute atomic E-state index is 0.0329. The predicted molar refractivity (Wildman–Crippen MR) is 61.7 cm³/mol. The van der Waals surface area contributed by atoms with Crippen LogP contribution in [0.25, 0.3) is 0 Å². The van der Waals surface area contributed by atoms with E-state index in [2.05, 4.69) is 5.32 Å². The summed E-state index contributed by atoms with van der Waals surface area (Å²) in [5.41, 5.74) is 0.209. The molecule has 1 amide bonds. The van der Waals surface area contributed by atoms with Gasteiger partial charge < -0.3 is 15.5 Å². The maximum absolute atomic E-state index is 12.9. The number of phenols is 1. The fourth-order valence-corrected chi connectivity index (χ4v) is 1.55. The van der Waals surface area contributed by atoms with Gasteiger partial charge in [0.1, 0.15) is 0 Å². The normalized spacial score (nSPS) is 9.94. The molecule has 0 aliphatic carbocycles. The van der Waals surface area contributed by atoms with Gasteiger partial charge in [0.2, 0.25) is 5.91 Å². The highest BCUT2D eigenvalue weighted by atomic mass is 32.2. The molecule has 7 heteroatoms. The molecule has 1 rings (SSSR count). The van der Waals surface area contributed by atoms with Crippen molar-refractivity contribution in [1.29, 1.82) is 0 Å². The number of nitrogens with one attached hydrogen (secondary N) is 1. The van der Waals surface area contributed by atoms with Gasteiger partial charge in [0.25, 0.3) is 0 Å². The molecule has 0 radical (unpaired) electrons. The first-order chi connectivity index (χ1) is 7.99.